The summed E-state index contributed by atoms with van der Waals surface area (Å²) in [6.07, 6.45) is -1.27. The smallest absolute Gasteiger partial charge is 0.253 e. The molecule has 0 atom stereocenters. The van der Waals surface area contributed by atoms with Crippen LogP contribution in [0.25, 0.3) is 0 Å². The van der Waals surface area contributed by atoms with Crippen LogP contribution in [0.2, 0.25) is 0 Å². The van der Waals surface area contributed by atoms with Crippen molar-refractivity contribution in [3.63, 3.8) is 0 Å². The van der Waals surface area contributed by atoms with E-state index >= 15 is 0 Å². The second kappa shape index (κ2) is 2.72. The SMILES string of the molecule is CCn1cnc(C(F)F)n1. The molecule has 0 bridgehead atoms. The summed E-state index contributed by atoms with van der Waals surface area (Å²) < 4.78 is 24.9. The number of alkyl halides is 2. The number of aryl methyl sites for hydroxylation is 1. The van der Waals surface area contributed by atoms with Gasteiger partial charge in [-0.15, -0.1) is 0 Å². The molecule has 0 aliphatic rings. The largest absolute Gasteiger partial charge is 0.299 e. The number of rotatable bonds is 2. The van der Waals surface area contributed by atoms with Crippen molar-refractivity contribution in [3.8, 4) is 0 Å². The van der Waals surface area contributed by atoms with Crippen molar-refractivity contribution in [3.05, 3.63) is 12.2 Å². The molecule has 0 amide bonds. The van der Waals surface area contributed by atoms with Crippen LogP contribution in [0.3, 0.4) is 0 Å². The molecule has 1 aromatic heterocycles. The molecule has 0 radical (unpaired) electrons. The molecule has 1 aromatic rings. The van der Waals surface area contributed by atoms with E-state index in [9.17, 15) is 8.78 Å². The molecular formula is C5H7F2N3. The molecular weight excluding hydrogens is 140 g/mol. The van der Waals surface area contributed by atoms with E-state index in [4.69, 9.17) is 0 Å². The van der Waals surface area contributed by atoms with Crippen molar-refractivity contribution in [2.45, 2.75) is 19.9 Å². The summed E-state index contributed by atoms with van der Waals surface area (Å²) >= 11 is 0. The highest BCUT2D eigenvalue weighted by Gasteiger charge is 2.11. The summed E-state index contributed by atoms with van der Waals surface area (Å²) in [5.41, 5.74) is 0. The molecule has 0 saturated heterocycles. The first kappa shape index (κ1) is 7.11. The Hall–Kier alpha value is -1.00. The monoisotopic (exact) mass is 147 g/mol. The zero-order chi connectivity index (χ0) is 7.56. The molecule has 0 unspecified atom stereocenters. The molecule has 0 fully saturated rings. The minimum Gasteiger partial charge on any atom is -0.253 e. The Balaban J connectivity index is 2.78. The fourth-order valence-electron chi connectivity index (χ4n) is 0.561. The Morgan fingerprint density at radius 1 is 1.70 bits per heavy atom. The Morgan fingerprint density at radius 3 is 2.70 bits per heavy atom. The minimum absolute atomic E-state index is 0.401. The average molecular weight is 147 g/mol. The minimum atomic E-state index is -2.56. The van der Waals surface area contributed by atoms with Gasteiger partial charge in [0.2, 0.25) is 5.82 Å². The van der Waals surface area contributed by atoms with Crippen LogP contribution in [0.5, 0.6) is 0 Å². The third-order valence-electron chi connectivity index (χ3n) is 1.07. The normalized spacial score (nSPS) is 10.8. The van der Waals surface area contributed by atoms with Crippen LogP contribution in [0.15, 0.2) is 6.33 Å². The van der Waals surface area contributed by atoms with Crippen molar-refractivity contribution in [2.75, 3.05) is 0 Å². The Morgan fingerprint density at radius 2 is 2.40 bits per heavy atom. The van der Waals surface area contributed by atoms with Gasteiger partial charge in [-0.2, -0.15) is 5.10 Å². The van der Waals surface area contributed by atoms with E-state index in [2.05, 4.69) is 10.1 Å². The molecule has 0 N–H and O–H groups in total. The van der Waals surface area contributed by atoms with Gasteiger partial charge >= 0.3 is 0 Å². The van der Waals surface area contributed by atoms with Gasteiger partial charge in [-0.1, -0.05) is 0 Å². The molecule has 5 heteroatoms. The molecule has 0 aliphatic heterocycles. The van der Waals surface area contributed by atoms with E-state index in [1.807, 2.05) is 6.92 Å². The van der Waals surface area contributed by atoms with E-state index in [1.54, 1.807) is 0 Å². The van der Waals surface area contributed by atoms with Crippen LogP contribution in [0, 0.1) is 0 Å². The Labute approximate surface area is 56.7 Å². The second-order valence-corrected chi connectivity index (χ2v) is 1.76. The standard InChI is InChI=1S/C5H7F2N3/c1-2-10-3-8-5(9-10)4(6)7/h3-4H,2H2,1H3. The zero-order valence-electron chi connectivity index (χ0n) is 5.46. The molecule has 56 valence electrons. The lowest BCUT2D eigenvalue weighted by Gasteiger charge is -1.89. The molecule has 0 saturated carbocycles. The van der Waals surface area contributed by atoms with Crippen LogP contribution < -0.4 is 0 Å². The third kappa shape index (κ3) is 1.29. The molecule has 0 aromatic carbocycles. The number of halogens is 2. The third-order valence-corrected chi connectivity index (χ3v) is 1.07. The Bertz CT molecular complexity index is 208. The fraction of sp³-hybridized carbons (Fsp3) is 0.600. The van der Waals surface area contributed by atoms with E-state index in [0.717, 1.165) is 0 Å². The van der Waals surface area contributed by atoms with Crippen molar-refractivity contribution >= 4 is 0 Å². The maximum absolute atomic E-state index is 11.8. The van der Waals surface area contributed by atoms with Crippen LogP contribution >= 0.6 is 0 Å². The molecule has 10 heavy (non-hydrogen) atoms. The highest BCUT2D eigenvalue weighted by Crippen LogP contribution is 2.11. The summed E-state index contributed by atoms with van der Waals surface area (Å²) in [7, 11) is 0. The highest BCUT2D eigenvalue weighted by molar-refractivity contribution is 4.81. The lowest BCUT2D eigenvalue weighted by molar-refractivity contribution is 0.140. The van der Waals surface area contributed by atoms with Crippen molar-refractivity contribution in [2.24, 2.45) is 0 Å². The second-order valence-electron chi connectivity index (χ2n) is 1.76. The molecule has 0 spiro atoms. The predicted octanol–water partition coefficient (Wildman–Crippen LogP) is 1.24. The van der Waals surface area contributed by atoms with Crippen LogP contribution in [-0.4, -0.2) is 14.8 Å². The number of nitrogens with zero attached hydrogens (tertiary/aromatic N) is 3. The number of aromatic nitrogens is 3. The summed E-state index contributed by atoms with van der Waals surface area (Å²) in [5, 5.41) is 3.48. The summed E-state index contributed by atoms with van der Waals surface area (Å²) in [6, 6.07) is 0. The van der Waals surface area contributed by atoms with E-state index < -0.39 is 12.2 Å². The van der Waals surface area contributed by atoms with Crippen molar-refractivity contribution < 1.29 is 8.78 Å². The molecule has 1 heterocycles. The first-order valence-electron chi connectivity index (χ1n) is 2.91. The number of hydrogen-bond acceptors (Lipinski definition) is 2. The highest BCUT2D eigenvalue weighted by atomic mass is 19.3. The zero-order valence-corrected chi connectivity index (χ0v) is 5.46. The maximum atomic E-state index is 11.8. The predicted molar refractivity (Wildman–Crippen MR) is 30.7 cm³/mol. The summed E-state index contributed by atoms with van der Waals surface area (Å²) in [5.74, 6) is -0.401. The van der Waals surface area contributed by atoms with Gasteiger partial charge in [0.1, 0.15) is 6.33 Å². The van der Waals surface area contributed by atoms with Crippen molar-refractivity contribution in [1.82, 2.24) is 14.8 Å². The Kier molecular flexibility index (Phi) is 1.94. The van der Waals surface area contributed by atoms with Gasteiger partial charge < -0.3 is 0 Å². The first-order chi connectivity index (χ1) is 4.74. The van der Waals surface area contributed by atoms with Crippen LogP contribution in [0.4, 0.5) is 8.78 Å². The van der Waals surface area contributed by atoms with Gasteiger partial charge in [0.05, 0.1) is 0 Å². The average Bonchev–Trinajstić information content (AvgIpc) is 2.34. The molecule has 1 rings (SSSR count). The van der Waals surface area contributed by atoms with Gasteiger partial charge in [0, 0.05) is 6.54 Å². The summed E-state index contributed by atoms with van der Waals surface area (Å²) in [4.78, 5) is 3.39. The van der Waals surface area contributed by atoms with Gasteiger partial charge in [0.25, 0.3) is 6.43 Å². The van der Waals surface area contributed by atoms with Crippen molar-refractivity contribution in [1.29, 1.82) is 0 Å². The van der Waals surface area contributed by atoms with E-state index in [1.165, 1.54) is 11.0 Å². The molecule has 0 aliphatic carbocycles. The number of hydrogen-bond donors (Lipinski definition) is 0. The van der Waals surface area contributed by atoms with Crippen LogP contribution in [-0.2, 0) is 6.54 Å². The van der Waals surface area contributed by atoms with Crippen LogP contribution in [0.1, 0.15) is 19.2 Å². The quantitative estimate of drug-likeness (QED) is 0.630. The first-order valence-corrected chi connectivity index (χ1v) is 2.91. The van der Waals surface area contributed by atoms with Gasteiger partial charge in [-0.3, -0.25) is 4.68 Å². The summed E-state index contributed by atoms with van der Waals surface area (Å²) in [6.45, 7) is 2.38. The van der Waals surface area contributed by atoms with Gasteiger partial charge in [-0.25, -0.2) is 13.8 Å². The lowest BCUT2D eigenvalue weighted by Crippen LogP contribution is -1.95. The fourth-order valence-corrected chi connectivity index (χ4v) is 0.561. The van der Waals surface area contributed by atoms with E-state index in [0.29, 0.717) is 6.54 Å². The molecule has 3 nitrogen and oxygen atoms in total. The van der Waals surface area contributed by atoms with Gasteiger partial charge in [0.15, 0.2) is 0 Å². The topological polar surface area (TPSA) is 30.7 Å². The maximum Gasteiger partial charge on any atom is 0.299 e. The lowest BCUT2D eigenvalue weighted by atomic mass is 10.7. The van der Waals surface area contributed by atoms with E-state index in [-0.39, 0.29) is 0 Å². The van der Waals surface area contributed by atoms with Gasteiger partial charge in [-0.05, 0) is 6.92 Å².